The molecule has 2 N–H and O–H groups in total. The van der Waals surface area contributed by atoms with E-state index in [-0.39, 0.29) is 12.5 Å². The Bertz CT molecular complexity index is 260. The standard InChI is InChI=1S/C8H11N3O/c1-11(6-8(9)12)7-2-4-10-5-3-7/h2-5H,6H2,1H3,(H2,9,12). The van der Waals surface area contributed by atoms with Gasteiger partial charge >= 0.3 is 0 Å². The van der Waals surface area contributed by atoms with Crippen LogP contribution in [0.15, 0.2) is 24.5 Å². The highest BCUT2D eigenvalue weighted by atomic mass is 16.1. The van der Waals surface area contributed by atoms with Gasteiger partial charge in [-0.15, -0.1) is 0 Å². The zero-order valence-corrected chi connectivity index (χ0v) is 6.90. The van der Waals surface area contributed by atoms with Crippen LogP contribution in [0.3, 0.4) is 0 Å². The van der Waals surface area contributed by atoms with E-state index in [4.69, 9.17) is 5.73 Å². The van der Waals surface area contributed by atoms with Gasteiger partial charge in [-0.2, -0.15) is 0 Å². The number of pyridine rings is 1. The maximum atomic E-state index is 10.5. The maximum Gasteiger partial charge on any atom is 0.236 e. The molecule has 0 aliphatic rings. The minimum absolute atomic E-state index is 0.226. The average molecular weight is 165 g/mol. The lowest BCUT2D eigenvalue weighted by Gasteiger charge is -2.16. The van der Waals surface area contributed by atoms with E-state index < -0.39 is 0 Å². The Balaban J connectivity index is 2.65. The highest BCUT2D eigenvalue weighted by Crippen LogP contribution is 2.08. The molecule has 1 heterocycles. The summed E-state index contributed by atoms with van der Waals surface area (Å²) in [6.07, 6.45) is 3.35. The number of likely N-dealkylation sites (N-methyl/N-ethyl adjacent to an activating group) is 1. The summed E-state index contributed by atoms with van der Waals surface area (Å²) < 4.78 is 0. The number of hydrogen-bond donors (Lipinski definition) is 1. The molecule has 0 aliphatic heterocycles. The van der Waals surface area contributed by atoms with Crippen LogP contribution in [0.25, 0.3) is 0 Å². The van der Waals surface area contributed by atoms with Crippen molar-refractivity contribution in [2.24, 2.45) is 5.73 Å². The summed E-state index contributed by atoms with van der Waals surface area (Å²) in [4.78, 5) is 16.2. The molecule has 0 saturated carbocycles. The van der Waals surface area contributed by atoms with E-state index in [2.05, 4.69) is 4.98 Å². The first kappa shape index (κ1) is 8.52. The van der Waals surface area contributed by atoms with Crippen LogP contribution in [-0.2, 0) is 4.79 Å². The lowest BCUT2D eigenvalue weighted by molar-refractivity contribution is -0.116. The molecule has 1 rings (SSSR count). The molecular formula is C8H11N3O. The van der Waals surface area contributed by atoms with Crippen LogP contribution < -0.4 is 10.6 Å². The molecule has 1 aromatic heterocycles. The Morgan fingerprint density at radius 2 is 2.17 bits per heavy atom. The number of primary amides is 1. The summed E-state index contributed by atoms with van der Waals surface area (Å²) in [5.74, 6) is -0.339. The average Bonchev–Trinajstić information content (AvgIpc) is 2.05. The molecule has 0 atom stereocenters. The van der Waals surface area contributed by atoms with Gasteiger partial charge in [0.15, 0.2) is 0 Å². The largest absolute Gasteiger partial charge is 0.368 e. The second kappa shape index (κ2) is 3.71. The fourth-order valence-corrected chi connectivity index (χ4v) is 0.924. The summed E-state index contributed by atoms with van der Waals surface area (Å²) in [6, 6.07) is 3.64. The quantitative estimate of drug-likeness (QED) is 0.686. The molecule has 0 bridgehead atoms. The highest BCUT2D eigenvalue weighted by Gasteiger charge is 2.01. The van der Waals surface area contributed by atoms with E-state index in [1.807, 2.05) is 12.1 Å². The van der Waals surface area contributed by atoms with E-state index in [0.29, 0.717) is 0 Å². The SMILES string of the molecule is CN(CC(N)=O)c1ccncc1. The minimum Gasteiger partial charge on any atom is -0.368 e. The third-order valence-electron chi connectivity index (χ3n) is 1.50. The van der Waals surface area contributed by atoms with E-state index in [0.717, 1.165) is 5.69 Å². The fraction of sp³-hybridized carbons (Fsp3) is 0.250. The van der Waals surface area contributed by atoms with Crippen molar-refractivity contribution in [1.29, 1.82) is 0 Å². The number of amides is 1. The van der Waals surface area contributed by atoms with Crippen molar-refractivity contribution in [3.63, 3.8) is 0 Å². The topological polar surface area (TPSA) is 59.2 Å². The Labute approximate surface area is 71.0 Å². The number of carbonyl (C=O) groups excluding carboxylic acids is 1. The molecular weight excluding hydrogens is 154 g/mol. The predicted octanol–water partition coefficient (Wildman–Crippen LogP) is 0.00310. The first-order chi connectivity index (χ1) is 5.70. The fourth-order valence-electron chi connectivity index (χ4n) is 0.924. The van der Waals surface area contributed by atoms with Crippen molar-refractivity contribution in [2.45, 2.75) is 0 Å². The van der Waals surface area contributed by atoms with Crippen LogP contribution in [0.2, 0.25) is 0 Å². The lowest BCUT2D eigenvalue weighted by Crippen LogP contribution is -2.30. The van der Waals surface area contributed by atoms with Crippen molar-refractivity contribution >= 4 is 11.6 Å². The second-order valence-electron chi connectivity index (χ2n) is 2.53. The van der Waals surface area contributed by atoms with E-state index in [1.54, 1.807) is 24.3 Å². The van der Waals surface area contributed by atoms with Gasteiger partial charge in [0.05, 0.1) is 6.54 Å². The molecule has 1 aromatic rings. The number of rotatable bonds is 3. The first-order valence-corrected chi connectivity index (χ1v) is 3.59. The third kappa shape index (κ3) is 2.23. The monoisotopic (exact) mass is 165 g/mol. The lowest BCUT2D eigenvalue weighted by atomic mass is 10.3. The van der Waals surface area contributed by atoms with Crippen LogP contribution in [0, 0.1) is 0 Å². The molecule has 4 heteroatoms. The van der Waals surface area contributed by atoms with Crippen LogP contribution in [0.4, 0.5) is 5.69 Å². The third-order valence-corrected chi connectivity index (χ3v) is 1.50. The number of nitrogens with two attached hydrogens (primary N) is 1. The van der Waals surface area contributed by atoms with Crippen molar-refractivity contribution < 1.29 is 4.79 Å². The maximum absolute atomic E-state index is 10.5. The molecule has 1 amide bonds. The molecule has 4 nitrogen and oxygen atoms in total. The van der Waals surface area contributed by atoms with Gasteiger partial charge in [-0.1, -0.05) is 0 Å². The number of aromatic nitrogens is 1. The van der Waals surface area contributed by atoms with Crippen LogP contribution in [-0.4, -0.2) is 24.5 Å². The van der Waals surface area contributed by atoms with Gasteiger partial charge < -0.3 is 10.6 Å². The molecule has 12 heavy (non-hydrogen) atoms. The summed E-state index contributed by atoms with van der Waals surface area (Å²) in [7, 11) is 1.81. The summed E-state index contributed by atoms with van der Waals surface area (Å²) >= 11 is 0. The Hall–Kier alpha value is -1.58. The number of hydrogen-bond acceptors (Lipinski definition) is 3. The van der Waals surface area contributed by atoms with Gasteiger partial charge in [0.25, 0.3) is 0 Å². The smallest absolute Gasteiger partial charge is 0.236 e. The highest BCUT2D eigenvalue weighted by molar-refractivity contribution is 5.79. The number of nitrogens with zero attached hydrogens (tertiary/aromatic N) is 2. The summed E-state index contributed by atoms with van der Waals surface area (Å²) in [5, 5.41) is 0. The molecule has 0 saturated heterocycles. The first-order valence-electron chi connectivity index (χ1n) is 3.59. The molecule has 0 aromatic carbocycles. The number of anilines is 1. The summed E-state index contributed by atoms with van der Waals surface area (Å²) in [6.45, 7) is 0.226. The molecule has 0 aliphatic carbocycles. The molecule has 0 radical (unpaired) electrons. The molecule has 0 unspecified atom stereocenters. The molecule has 0 spiro atoms. The minimum atomic E-state index is -0.339. The van der Waals surface area contributed by atoms with E-state index >= 15 is 0 Å². The van der Waals surface area contributed by atoms with Crippen molar-refractivity contribution in [3.8, 4) is 0 Å². The summed E-state index contributed by atoms with van der Waals surface area (Å²) in [5.41, 5.74) is 5.97. The van der Waals surface area contributed by atoms with Gasteiger partial charge in [0, 0.05) is 25.1 Å². The zero-order valence-electron chi connectivity index (χ0n) is 6.90. The van der Waals surface area contributed by atoms with E-state index in [9.17, 15) is 4.79 Å². The van der Waals surface area contributed by atoms with Gasteiger partial charge in [0.2, 0.25) is 5.91 Å². The van der Waals surface area contributed by atoms with Crippen molar-refractivity contribution in [3.05, 3.63) is 24.5 Å². The van der Waals surface area contributed by atoms with Crippen molar-refractivity contribution in [2.75, 3.05) is 18.5 Å². The van der Waals surface area contributed by atoms with Crippen LogP contribution >= 0.6 is 0 Å². The Morgan fingerprint density at radius 3 is 2.67 bits per heavy atom. The van der Waals surface area contributed by atoms with Gasteiger partial charge in [-0.05, 0) is 12.1 Å². The van der Waals surface area contributed by atoms with Gasteiger partial charge in [-0.25, -0.2) is 0 Å². The van der Waals surface area contributed by atoms with Crippen LogP contribution in [0.1, 0.15) is 0 Å². The second-order valence-corrected chi connectivity index (χ2v) is 2.53. The molecule has 64 valence electrons. The van der Waals surface area contributed by atoms with Gasteiger partial charge in [0.1, 0.15) is 0 Å². The Morgan fingerprint density at radius 1 is 1.58 bits per heavy atom. The molecule has 0 fully saturated rings. The number of carbonyl (C=O) groups is 1. The normalized spacial score (nSPS) is 9.42. The van der Waals surface area contributed by atoms with E-state index in [1.165, 1.54) is 0 Å². The van der Waals surface area contributed by atoms with Crippen molar-refractivity contribution in [1.82, 2.24) is 4.98 Å². The zero-order chi connectivity index (χ0) is 8.97. The Kier molecular flexibility index (Phi) is 2.63. The van der Waals surface area contributed by atoms with Crippen LogP contribution in [0.5, 0.6) is 0 Å². The predicted molar refractivity (Wildman–Crippen MR) is 46.7 cm³/mol. The van der Waals surface area contributed by atoms with Gasteiger partial charge in [-0.3, -0.25) is 9.78 Å².